The molecule has 4 heteroatoms. The number of ether oxygens (including phenoxy) is 2. The van der Waals surface area contributed by atoms with Crippen LogP contribution in [0.4, 0.5) is 0 Å². The Morgan fingerprint density at radius 3 is 2.47 bits per heavy atom. The number of carbonyl (C=O) groups excluding carboxylic acids is 1. The molecule has 1 aromatic rings. The van der Waals surface area contributed by atoms with Crippen LogP contribution in [0.1, 0.15) is 30.6 Å². The highest BCUT2D eigenvalue weighted by Gasteiger charge is 2.12. The van der Waals surface area contributed by atoms with Crippen molar-refractivity contribution in [2.75, 3.05) is 27.8 Å². The molecule has 0 aromatic heterocycles. The summed E-state index contributed by atoms with van der Waals surface area (Å²) in [5.41, 5.74) is 0.595. The van der Waals surface area contributed by atoms with Crippen molar-refractivity contribution in [1.82, 2.24) is 4.90 Å². The minimum atomic E-state index is -0.0490. The molecule has 0 aliphatic rings. The molecule has 0 spiro atoms. The molecule has 0 radical (unpaired) electrons. The van der Waals surface area contributed by atoms with Crippen molar-refractivity contribution in [3.05, 3.63) is 23.8 Å². The van der Waals surface area contributed by atoms with Crippen LogP contribution in [0.2, 0.25) is 0 Å². The van der Waals surface area contributed by atoms with E-state index in [1.165, 1.54) is 4.90 Å². The molecule has 19 heavy (non-hydrogen) atoms. The minimum Gasteiger partial charge on any atom is -0.493 e. The molecule has 0 unspecified atom stereocenters. The average molecular weight is 265 g/mol. The zero-order valence-electron chi connectivity index (χ0n) is 12.4. The maximum Gasteiger partial charge on any atom is 0.253 e. The lowest BCUT2D eigenvalue weighted by Crippen LogP contribution is -2.21. The SMILES string of the molecule is COc1cc(C(=O)N(C)C)ccc1OCCC(C)C. The number of carbonyl (C=O) groups is 1. The second-order valence-corrected chi connectivity index (χ2v) is 5.10. The van der Waals surface area contributed by atoms with Gasteiger partial charge in [-0.3, -0.25) is 4.79 Å². The fourth-order valence-electron chi connectivity index (χ4n) is 1.58. The number of methoxy groups -OCH3 is 1. The van der Waals surface area contributed by atoms with E-state index in [2.05, 4.69) is 13.8 Å². The lowest BCUT2D eigenvalue weighted by Gasteiger charge is -2.14. The zero-order valence-corrected chi connectivity index (χ0v) is 12.4. The first-order valence-electron chi connectivity index (χ1n) is 6.48. The summed E-state index contributed by atoms with van der Waals surface area (Å²) in [5.74, 6) is 1.82. The standard InChI is InChI=1S/C15H23NO3/c1-11(2)8-9-19-13-7-6-12(10-14(13)18-5)15(17)16(3)4/h6-7,10-11H,8-9H2,1-5H3. The van der Waals surface area contributed by atoms with Gasteiger partial charge in [-0.1, -0.05) is 13.8 Å². The predicted octanol–water partition coefficient (Wildman–Crippen LogP) is 2.82. The topological polar surface area (TPSA) is 38.8 Å². The Bertz CT molecular complexity index is 427. The van der Waals surface area contributed by atoms with E-state index in [1.807, 2.05) is 0 Å². The van der Waals surface area contributed by atoms with Gasteiger partial charge in [-0.15, -0.1) is 0 Å². The van der Waals surface area contributed by atoms with Crippen LogP contribution in [-0.2, 0) is 0 Å². The molecule has 0 N–H and O–H groups in total. The molecule has 0 heterocycles. The van der Waals surface area contributed by atoms with Crippen LogP contribution < -0.4 is 9.47 Å². The van der Waals surface area contributed by atoms with Crippen molar-refractivity contribution < 1.29 is 14.3 Å². The van der Waals surface area contributed by atoms with Crippen LogP contribution in [0.15, 0.2) is 18.2 Å². The highest BCUT2D eigenvalue weighted by molar-refractivity contribution is 5.94. The van der Waals surface area contributed by atoms with Crippen LogP contribution in [0, 0.1) is 5.92 Å². The lowest BCUT2D eigenvalue weighted by atomic mass is 10.1. The molecule has 0 saturated carbocycles. The van der Waals surface area contributed by atoms with Gasteiger partial charge < -0.3 is 14.4 Å². The van der Waals surface area contributed by atoms with Crippen molar-refractivity contribution in [3.63, 3.8) is 0 Å². The van der Waals surface area contributed by atoms with Gasteiger partial charge in [0.2, 0.25) is 0 Å². The number of amides is 1. The molecule has 0 fully saturated rings. The van der Waals surface area contributed by atoms with Crippen molar-refractivity contribution >= 4 is 5.91 Å². The van der Waals surface area contributed by atoms with Gasteiger partial charge in [-0.05, 0) is 30.5 Å². The van der Waals surface area contributed by atoms with Gasteiger partial charge in [0.25, 0.3) is 5.91 Å². The fourth-order valence-corrected chi connectivity index (χ4v) is 1.58. The normalized spacial score (nSPS) is 10.4. The van der Waals surface area contributed by atoms with E-state index >= 15 is 0 Å². The molecule has 106 valence electrons. The fraction of sp³-hybridized carbons (Fsp3) is 0.533. The minimum absolute atomic E-state index is 0.0490. The Balaban J connectivity index is 2.81. The first-order valence-corrected chi connectivity index (χ1v) is 6.48. The van der Waals surface area contributed by atoms with Crippen molar-refractivity contribution in [3.8, 4) is 11.5 Å². The monoisotopic (exact) mass is 265 g/mol. The third-order valence-electron chi connectivity index (χ3n) is 2.77. The second kappa shape index (κ2) is 7.02. The van der Waals surface area contributed by atoms with E-state index in [9.17, 15) is 4.79 Å². The summed E-state index contributed by atoms with van der Waals surface area (Å²) in [6.45, 7) is 4.95. The third-order valence-corrected chi connectivity index (χ3v) is 2.77. The van der Waals surface area contributed by atoms with Crippen LogP contribution >= 0.6 is 0 Å². The molecule has 4 nitrogen and oxygen atoms in total. The molecule has 0 aliphatic heterocycles. The van der Waals surface area contributed by atoms with Crippen molar-refractivity contribution in [2.24, 2.45) is 5.92 Å². The van der Waals surface area contributed by atoms with E-state index < -0.39 is 0 Å². The van der Waals surface area contributed by atoms with Gasteiger partial charge in [0.15, 0.2) is 11.5 Å². The van der Waals surface area contributed by atoms with Gasteiger partial charge in [-0.2, -0.15) is 0 Å². The highest BCUT2D eigenvalue weighted by atomic mass is 16.5. The molecule has 0 atom stereocenters. The maximum atomic E-state index is 11.9. The highest BCUT2D eigenvalue weighted by Crippen LogP contribution is 2.28. The van der Waals surface area contributed by atoms with Crippen LogP contribution in [-0.4, -0.2) is 38.6 Å². The Labute approximate surface area is 115 Å². The first-order chi connectivity index (χ1) is 8.95. The molecule has 1 aromatic carbocycles. The first kappa shape index (κ1) is 15.3. The van der Waals surface area contributed by atoms with E-state index in [0.717, 1.165) is 6.42 Å². The maximum absolute atomic E-state index is 11.9. The van der Waals surface area contributed by atoms with Gasteiger partial charge in [0.05, 0.1) is 13.7 Å². The van der Waals surface area contributed by atoms with Gasteiger partial charge in [-0.25, -0.2) is 0 Å². The van der Waals surface area contributed by atoms with Crippen LogP contribution in [0.25, 0.3) is 0 Å². The molecular formula is C15H23NO3. The summed E-state index contributed by atoms with van der Waals surface area (Å²) in [6.07, 6.45) is 0.988. The van der Waals surface area contributed by atoms with Gasteiger partial charge in [0, 0.05) is 19.7 Å². The van der Waals surface area contributed by atoms with Gasteiger partial charge >= 0.3 is 0 Å². The quantitative estimate of drug-likeness (QED) is 0.794. The largest absolute Gasteiger partial charge is 0.493 e. The Morgan fingerprint density at radius 2 is 1.95 bits per heavy atom. The number of hydrogen-bond acceptors (Lipinski definition) is 3. The molecule has 0 aliphatic carbocycles. The summed E-state index contributed by atoms with van der Waals surface area (Å²) < 4.78 is 11.0. The molecule has 1 rings (SSSR count). The summed E-state index contributed by atoms with van der Waals surface area (Å²) in [4.78, 5) is 13.4. The number of nitrogens with zero attached hydrogens (tertiary/aromatic N) is 1. The van der Waals surface area contributed by atoms with Crippen LogP contribution in [0.5, 0.6) is 11.5 Å². The van der Waals surface area contributed by atoms with Crippen LogP contribution in [0.3, 0.4) is 0 Å². The lowest BCUT2D eigenvalue weighted by molar-refractivity contribution is 0.0827. The second-order valence-electron chi connectivity index (χ2n) is 5.10. The molecular weight excluding hydrogens is 242 g/mol. The van der Waals surface area contributed by atoms with Crippen molar-refractivity contribution in [1.29, 1.82) is 0 Å². The third kappa shape index (κ3) is 4.47. The number of hydrogen-bond donors (Lipinski definition) is 0. The summed E-state index contributed by atoms with van der Waals surface area (Å²) in [6, 6.07) is 5.26. The Morgan fingerprint density at radius 1 is 1.26 bits per heavy atom. The molecule has 1 amide bonds. The van der Waals surface area contributed by atoms with E-state index in [-0.39, 0.29) is 5.91 Å². The van der Waals surface area contributed by atoms with E-state index in [0.29, 0.717) is 29.6 Å². The average Bonchev–Trinajstić information content (AvgIpc) is 2.37. The Kier molecular flexibility index (Phi) is 5.67. The molecule has 0 bridgehead atoms. The summed E-state index contributed by atoms with van der Waals surface area (Å²) in [5, 5.41) is 0. The predicted molar refractivity (Wildman–Crippen MR) is 76.0 cm³/mol. The molecule has 0 saturated heterocycles. The summed E-state index contributed by atoms with van der Waals surface area (Å²) in [7, 11) is 5.03. The van der Waals surface area contributed by atoms with E-state index in [1.54, 1.807) is 39.4 Å². The van der Waals surface area contributed by atoms with Crippen molar-refractivity contribution in [2.45, 2.75) is 20.3 Å². The summed E-state index contributed by atoms with van der Waals surface area (Å²) >= 11 is 0. The Hall–Kier alpha value is -1.71. The number of benzene rings is 1. The smallest absolute Gasteiger partial charge is 0.253 e. The zero-order chi connectivity index (χ0) is 14.4. The van der Waals surface area contributed by atoms with Gasteiger partial charge in [0.1, 0.15) is 0 Å². The number of rotatable bonds is 6. The van der Waals surface area contributed by atoms with E-state index in [4.69, 9.17) is 9.47 Å².